The van der Waals surface area contributed by atoms with Gasteiger partial charge in [0.15, 0.2) is 0 Å². The molecular weight excluding hydrogens is 595 g/mol. The Labute approximate surface area is 268 Å². The van der Waals surface area contributed by atoms with Crippen LogP contribution in [0.15, 0.2) is 91.0 Å². The fraction of sp³-hybridized carbons (Fsp3) is 0.257. The number of nitrogens with one attached hydrogen (secondary N) is 2. The lowest BCUT2D eigenvalue weighted by Crippen LogP contribution is -2.62. The summed E-state index contributed by atoms with van der Waals surface area (Å²) in [5.41, 5.74) is 10.7. The van der Waals surface area contributed by atoms with E-state index in [4.69, 9.17) is 26.8 Å². The highest BCUT2D eigenvalue weighted by atomic mass is 35.5. The summed E-state index contributed by atoms with van der Waals surface area (Å²) in [7, 11) is 0. The SMILES string of the molecule is Cc1ccc(Oc2ccc(CNN(CC(C)(NCc3ccc(Oc4ccc(F)cc4Cl)cc3)C(N)=O)C(=O)C(C)C)cc2)cc1. The second-order valence-corrected chi connectivity index (χ2v) is 11.8. The Balaban J connectivity index is 1.38. The number of nitrogens with two attached hydrogens (primary N) is 1. The minimum atomic E-state index is -1.25. The van der Waals surface area contributed by atoms with Crippen LogP contribution in [0.1, 0.15) is 37.5 Å². The molecule has 0 heterocycles. The number of primary amides is 1. The van der Waals surface area contributed by atoms with Gasteiger partial charge in [-0.25, -0.2) is 9.82 Å². The summed E-state index contributed by atoms with van der Waals surface area (Å²) in [6.45, 7) is 7.92. The van der Waals surface area contributed by atoms with Gasteiger partial charge in [0.2, 0.25) is 11.8 Å². The molecule has 8 nitrogen and oxygen atoms in total. The summed E-state index contributed by atoms with van der Waals surface area (Å²) >= 11 is 6.06. The molecule has 0 bridgehead atoms. The van der Waals surface area contributed by atoms with Gasteiger partial charge in [0.1, 0.15) is 34.4 Å². The van der Waals surface area contributed by atoms with Crippen LogP contribution < -0.4 is 25.9 Å². The molecule has 0 aromatic heterocycles. The van der Waals surface area contributed by atoms with Crippen LogP contribution in [0.25, 0.3) is 0 Å². The number of rotatable bonds is 14. The molecule has 0 saturated carbocycles. The van der Waals surface area contributed by atoms with Gasteiger partial charge in [-0.2, -0.15) is 0 Å². The van der Waals surface area contributed by atoms with Gasteiger partial charge in [-0.3, -0.25) is 19.9 Å². The highest BCUT2D eigenvalue weighted by molar-refractivity contribution is 6.32. The van der Waals surface area contributed by atoms with E-state index in [1.165, 1.54) is 23.2 Å². The third-order valence-electron chi connectivity index (χ3n) is 7.16. The van der Waals surface area contributed by atoms with Crippen molar-refractivity contribution in [2.75, 3.05) is 6.54 Å². The second kappa shape index (κ2) is 15.0. The normalized spacial score (nSPS) is 12.4. The van der Waals surface area contributed by atoms with Gasteiger partial charge in [0.05, 0.1) is 11.6 Å². The lowest BCUT2D eigenvalue weighted by atomic mass is 9.99. The number of ether oxygens (including phenoxy) is 2. The van der Waals surface area contributed by atoms with Gasteiger partial charge >= 0.3 is 0 Å². The number of hydrazine groups is 1. The molecule has 0 aliphatic rings. The molecule has 1 atom stereocenters. The Morgan fingerprint density at radius 2 is 1.40 bits per heavy atom. The Kier molecular flexibility index (Phi) is 11.2. The fourth-order valence-corrected chi connectivity index (χ4v) is 4.53. The number of halogens is 2. The van der Waals surface area contributed by atoms with Crippen molar-refractivity contribution >= 4 is 23.4 Å². The Morgan fingerprint density at radius 3 is 1.93 bits per heavy atom. The monoisotopic (exact) mass is 632 g/mol. The Bertz CT molecular complexity index is 1600. The number of aryl methyl sites for hydroxylation is 1. The summed E-state index contributed by atoms with van der Waals surface area (Å²) in [6.07, 6.45) is 0. The molecule has 10 heteroatoms. The zero-order valence-electron chi connectivity index (χ0n) is 25.8. The van der Waals surface area contributed by atoms with Crippen LogP contribution in [-0.2, 0) is 22.7 Å². The first-order valence-electron chi connectivity index (χ1n) is 14.6. The smallest absolute Gasteiger partial charge is 0.239 e. The van der Waals surface area contributed by atoms with Crippen molar-refractivity contribution in [3.05, 3.63) is 119 Å². The van der Waals surface area contributed by atoms with Crippen molar-refractivity contribution in [2.45, 2.75) is 46.3 Å². The summed E-state index contributed by atoms with van der Waals surface area (Å²) in [5, 5.41) is 4.83. The molecule has 0 radical (unpaired) electrons. The molecule has 0 spiro atoms. The van der Waals surface area contributed by atoms with E-state index in [-0.39, 0.29) is 23.4 Å². The first-order valence-corrected chi connectivity index (χ1v) is 14.9. The van der Waals surface area contributed by atoms with Crippen LogP contribution >= 0.6 is 11.6 Å². The van der Waals surface area contributed by atoms with Crippen molar-refractivity contribution in [3.63, 3.8) is 0 Å². The first kappa shape index (κ1) is 33.5. The summed E-state index contributed by atoms with van der Waals surface area (Å²) < 4.78 is 25.0. The van der Waals surface area contributed by atoms with Crippen molar-refractivity contribution in [3.8, 4) is 23.0 Å². The average molecular weight is 633 g/mol. The van der Waals surface area contributed by atoms with Gasteiger partial charge in [-0.1, -0.05) is 67.4 Å². The molecule has 4 N–H and O–H groups in total. The summed E-state index contributed by atoms with van der Waals surface area (Å²) in [5.74, 6) is 0.742. The number of nitrogens with zero attached hydrogens (tertiary/aromatic N) is 1. The number of amides is 2. The van der Waals surface area contributed by atoms with Gasteiger partial charge < -0.3 is 15.2 Å². The lowest BCUT2D eigenvalue weighted by Gasteiger charge is -2.35. The minimum absolute atomic E-state index is 0.00176. The molecule has 0 aliphatic heterocycles. The van der Waals surface area contributed by atoms with Crippen LogP contribution in [0.2, 0.25) is 5.02 Å². The number of carbonyl (C=O) groups excluding carboxylic acids is 2. The van der Waals surface area contributed by atoms with E-state index in [1.54, 1.807) is 32.9 Å². The molecule has 0 saturated heterocycles. The van der Waals surface area contributed by atoms with E-state index in [1.807, 2.05) is 67.6 Å². The van der Waals surface area contributed by atoms with Gasteiger partial charge in [0, 0.05) is 19.0 Å². The summed E-state index contributed by atoms with van der Waals surface area (Å²) in [6, 6.07) is 26.4. The van der Waals surface area contributed by atoms with Crippen LogP contribution in [0, 0.1) is 18.7 Å². The predicted octanol–water partition coefficient (Wildman–Crippen LogP) is 6.90. The van der Waals surface area contributed by atoms with E-state index in [2.05, 4.69) is 10.7 Å². The quantitative estimate of drug-likeness (QED) is 0.131. The van der Waals surface area contributed by atoms with Crippen LogP contribution in [-0.4, -0.2) is 28.9 Å². The van der Waals surface area contributed by atoms with E-state index in [0.717, 1.165) is 22.4 Å². The van der Waals surface area contributed by atoms with Gasteiger partial charge in [0.25, 0.3) is 0 Å². The highest BCUT2D eigenvalue weighted by Gasteiger charge is 2.35. The summed E-state index contributed by atoms with van der Waals surface area (Å²) in [4.78, 5) is 25.9. The molecule has 4 aromatic rings. The van der Waals surface area contributed by atoms with Gasteiger partial charge in [-0.05, 0) is 79.6 Å². The number of benzene rings is 4. The minimum Gasteiger partial charge on any atom is -0.457 e. The molecule has 1 unspecified atom stereocenters. The van der Waals surface area contributed by atoms with Gasteiger partial charge in [-0.15, -0.1) is 0 Å². The highest BCUT2D eigenvalue weighted by Crippen LogP contribution is 2.30. The van der Waals surface area contributed by atoms with E-state index >= 15 is 0 Å². The maximum Gasteiger partial charge on any atom is 0.239 e. The molecule has 0 fully saturated rings. The van der Waals surface area contributed by atoms with E-state index in [9.17, 15) is 14.0 Å². The molecule has 45 heavy (non-hydrogen) atoms. The molecular formula is C35H38ClFN4O4. The number of carbonyl (C=O) groups is 2. The zero-order valence-corrected chi connectivity index (χ0v) is 26.5. The topological polar surface area (TPSA) is 106 Å². The third-order valence-corrected chi connectivity index (χ3v) is 7.46. The van der Waals surface area contributed by atoms with Crippen LogP contribution in [0.3, 0.4) is 0 Å². The predicted molar refractivity (Wildman–Crippen MR) is 173 cm³/mol. The molecule has 4 aromatic carbocycles. The average Bonchev–Trinajstić information content (AvgIpc) is 3.01. The Hall–Kier alpha value is -4.44. The third kappa shape index (κ3) is 9.52. The molecule has 4 rings (SSSR count). The maximum atomic E-state index is 13.3. The molecule has 2 amide bonds. The van der Waals surface area contributed by atoms with Crippen LogP contribution in [0.4, 0.5) is 4.39 Å². The largest absolute Gasteiger partial charge is 0.457 e. The standard InChI is InChI=1S/C35H38ClFN4O4/c1-23(2)33(42)41(40-21-26-9-14-29(15-10-26)44-28-12-5-24(3)6-13-28)22-35(4,34(38)43)39-20-25-7-16-30(17-8-25)45-32-18-11-27(37)19-31(32)36/h5-19,23,39-40H,20-22H2,1-4H3,(H2,38,43). The van der Waals surface area contributed by atoms with Crippen molar-refractivity contribution in [1.82, 2.24) is 15.8 Å². The zero-order chi connectivity index (χ0) is 32.6. The lowest BCUT2D eigenvalue weighted by molar-refractivity contribution is -0.140. The second-order valence-electron chi connectivity index (χ2n) is 11.3. The Morgan fingerprint density at radius 1 is 0.867 bits per heavy atom. The van der Waals surface area contributed by atoms with Crippen molar-refractivity contribution < 1.29 is 23.5 Å². The number of hydrogen-bond donors (Lipinski definition) is 3. The van der Waals surface area contributed by atoms with Crippen molar-refractivity contribution in [1.29, 1.82) is 0 Å². The molecule has 0 aliphatic carbocycles. The number of hydrogen-bond acceptors (Lipinski definition) is 6. The van der Waals surface area contributed by atoms with Crippen molar-refractivity contribution in [2.24, 2.45) is 11.7 Å². The maximum absolute atomic E-state index is 13.3. The van der Waals surface area contributed by atoms with E-state index < -0.39 is 17.3 Å². The van der Waals surface area contributed by atoms with E-state index in [0.29, 0.717) is 30.3 Å². The van der Waals surface area contributed by atoms with Crippen LogP contribution in [0.5, 0.6) is 23.0 Å². The first-order chi connectivity index (χ1) is 21.4. The fourth-order valence-electron chi connectivity index (χ4n) is 4.32. The molecule has 236 valence electrons.